The molecule has 0 bridgehead atoms. The van der Waals surface area contributed by atoms with Crippen LogP contribution in [-0.2, 0) is 11.0 Å². The molecule has 0 spiro atoms. The molecule has 7 heteroatoms. The first kappa shape index (κ1) is 19.1. The number of benzene rings is 2. The summed E-state index contributed by atoms with van der Waals surface area (Å²) in [4.78, 5) is 12.2. The van der Waals surface area contributed by atoms with E-state index in [1.165, 1.54) is 19.1 Å². The van der Waals surface area contributed by atoms with Crippen LogP contribution < -0.4 is 10.1 Å². The van der Waals surface area contributed by atoms with Crippen molar-refractivity contribution in [3.05, 3.63) is 58.1 Å². The minimum atomic E-state index is -4.47. The molecule has 1 atom stereocenters. The summed E-state index contributed by atoms with van der Waals surface area (Å²) in [5.74, 6) is -0.0873. The lowest BCUT2D eigenvalue weighted by Crippen LogP contribution is -2.30. The second kappa shape index (κ2) is 7.35. The lowest BCUT2D eigenvalue weighted by molar-refractivity contribution is -0.137. The molecule has 2 aromatic carbocycles. The van der Waals surface area contributed by atoms with E-state index >= 15 is 0 Å². The highest BCUT2D eigenvalue weighted by Crippen LogP contribution is 2.31. The van der Waals surface area contributed by atoms with E-state index in [0.717, 1.165) is 23.3 Å². The summed E-state index contributed by atoms with van der Waals surface area (Å²) in [5, 5.41) is 3.04. The number of carbonyl (C=O) groups is 1. The molecule has 1 amide bonds. The average molecular weight is 372 g/mol. The van der Waals surface area contributed by atoms with E-state index in [9.17, 15) is 18.0 Å². The Morgan fingerprint density at radius 1 is 1.16 bits per heavy atom. The minimum absolute atomic E-state index is 0.0544. The summed E-state index contributed by atoms with van der Waals surface area (Å²) in [6.45, 7) is 5.15. The predicted molar refractivity (Wildman–Crippen MR) is 91.1 cm³/mol. The van der Waals surface area contributed by atoms with Gasteiger partial charge in [-0.3, -0.25) is 4.79 Å². The van der Waals surface area contributed by atoms with Gasteiger partial charge in [-0.1, -0.05) is 17.7 Å². The predicted octanol–water partition coefficient (Wildman–Crippen LogP) is 5.38. The molecule has 0 aromatic heterocycles. The van der Waals surface area contributed by atoms with Crippen molar-refractivity contribution in [1.82, 2.24) is 0 Å². The Labute approximate surface area is 148 Å². The highest BCUT2D eigenvalue weighted by Gasteiger charge is 2.30. The van der Waals surface area contributed by atoms with Gasteiger partial charge in [-0.15, -0.1) is 0 Å². The van der Waals surface area contributed by atoms with Gasteiger partial charge in [0.25, 0.3) is 5.91 Å². The highest BCUT2D eigenvalue weighted by atomic mass is 35.5. The Morgan fingerprint density at radius 2 is 1.76 bits per heavy atom. The fraction of sp³-hybridized carbons (Fsp3) is 0.278. The van der Waals surface area contributed by atoms with Crippen LogP contribution in [0.4, 0.5) is 18.9 Å². The average Bonchev–Trinajstić information content (AvgIpc) is 2.52. The smallest absolute Gasteiger partial charge is 0.416 e. The van der Waals surface area contributed by atoms with Gasteiger partial charge in [-0.2, -0.15) is 13.2 Å². The Kier molecular flexibility index (Phi) is 5.62. The number of carbonyl (C=O) groups excluding carboxylic acids is 1. The molecule has 0 aliphatic heterocycles. The summed E-state index contributed by atoms with van der Waals surface area (Å²) in [6.07, 6.45) is -5.36. The molecule has 25 heavy (non-hydrogen) atoms. The van der Waals surface area contributed by atoms with Crippen molar-refractivity contribution >= 4 is 23.2 Å². The van der Waals surface area contributed by atoms with Crippen LogP contribution in [0.1, 0.15) is 23.6 Å². The molecule has 3 nitrogen and oxygen atoms in total. The molecule has 0 heterocycles. The third kappa shape index (κ3) is 4.89. The van der Waals surface area contributed by atoms with Crippen molar-refractivity contribution in [3.8, 4) is 5.75 Å². The van der Waals surface area contributed by atoms with Gasteiger partial charge in [0.2, 0.25) is 0 Å². The topological polar surface area (TPSA) is 38.3 Å². The number of ether oxygens (including phenoxy) is 1. The van der Waals surface area contributed by atoms with Gasteiger partial charge in [0.1, 0.15) is 5.75 Å². The van der Waals surface area contributed by atoms with Crippen LogP contribution in [0.3, 0.4) is 0 Å². The number of halogens is 4. The van der Waals surface area contributed by atoms with Crippen LogP contribution in [0.5, 0.6) is 5.75 Å². The largest absolute Gasteiger partial charge is 0.481 e. The zero-order chi connectivity index (χ0) is 18.8. The summed E-state index contributed by atoms with van der Waals surface area (Å²) in [5.41, 5.74) is 0.839. The second-order valence-corrected chi connectivity index (χ2v) is 6.08. The van der Waals surface area contributed by atoms with Gasteiger partial charge in [-0.05, 0) is 62.2 Å². The highest BCUT2D eigenvalue weighted by molar-refractivity contribution is 6.32. The summed E-state index contributed by atoms with van der Waals surface area (Å²) < 4.78 is 43.7. The van der Waals surface area contributed by atoms with E-state index in [1.54, 1.807) is 12.1 Å². The Morgan fingerprint density at radius 3 is 2.32 bits per heavy atom. The second-order valence-electron chi connectivity index (χ2n) is 5.70. The monoisotopic (exact) mass is 371 g/mol. The molecular formula is C18H17ClF3NO2. The van der Waals surface area contributed by atoms with E-state index in [4.69, 9.17) is 16.3 Å². The minimum Gasteiger partial charge on any atom is -0.481 e. The molecule has 0 aliphatic carbocycles. The number of anilines is 1. The van der Waals surface area contributed by atoms with Crippen molar-refractivity contribution < 1.29 is 22.7 Å². The number of nitrogens with one attached hydrogen (secondary N) is 1. The fourth-order valence-corrected chi connectivity index (χ4v) is 2.36. The van der Waals surface area contributed by atoms with Crippen LogP contribution in [0, 0.1) is 13.8 Å². The summed E-state index contributed by atoms with van der Waals surface area (Å²) >= 11 is 6.08. The number of aryl methyl sites for hydroxylation is 2. The molecule has 1 N–H and O–H groups in total. The first-order valence-electron chi connectivity index (χ1n) is 7.49. The SMILES string of the molecule is Cc1cc(OC(C)C(=O)Nc2cccc(C(F)(F)F)c2)cc(C)c1Cl. The summed E-state index contributed by atoms with van der Waals surface area (Å²) in [6, 6.07) is 7.83. The Bertz CT molecular complexity index is 767. The van der Waals surface area contributed by atoms with Crippen molar-refractivity contribution in [1.29, 1.82) is 0 Å². The normalized spacial score (nSPS) is 12.6. The number of alkyl halides is 3. The van der Waals surface area contributed by atoms with Gasteiger partial charge >= 0.3 is 6.18 Å². The Hall–Kier alpha value is -2.21. The standard InChI is InChI=1S/C18H17ClF3NO2/c1-10-7-15(8-11(2)16(10)19)25-12(3)17(24)23-14-6-4-5-13(9-14)18(20,21)22/h4-9,12H,1-3H3,(H,23,24). The molecule has 1 unspecified atom stereocenters. The Balaban J connectivity index is 2.08. The van der Waals surface area contributed by atoms with Crippen molar-refractivity contribution in [3.63, 3.8) is 0 Å². The zero-order valence-corrected chi connectivity index (χ0v) is 14.6. The van der Waals surface area contributed by atoms with E-state index in [2.05, 4.69) is 5.32 Å². The molecule has 2 aromatic rings. The van der Waals surface area contributed by atoms with E-state index in [-0.39, 0.29) is 5.69 Å². The van der Waals surface area contributed by atoms with Crippen LogP contribution >= 0.6 is 11.6 Å². The van der Waals surface area contributed by atoms with Gasteiger partial charge in [0.05, 0.1) is 5.56 Å². The van der Waals surface area contributed by atoms with Gasteiger partial charge in [-0.25, -0.2) is 0 Å². The maximum atomic E-state index is 12.7. The van der Waals surface area contributed by atoms with Crippen LogP contribution in [0.15, 0.2) is 36.4 Å². The van der Waals surface area contributed by atoms with Crippen molar-refractivity contribution in [2.75, 3.05) is 5.32 Å². The molecule has 2 rings (SSSR count). The zero-order valence-electron chi connectivity index (χ0n) is 13.9. The van der Waals surface area contributed by atoms with Gasteiger partial charge < -0.3 is 10.1 Å². The van der Waals surface area contributed by atoms with Crippen LogP contribution in [-0.4, -0.2) is 12.0 Å². The molecule has 0 saturated carbocycles. The first-order chi connectivity index (χ1) is 11.6. The summed E-state index contributed by atoms with van der Waals surface area (Å²) in [7, 11) is 0. The van der Waals surface area contributed by atoms with Gasteiger partial charge in [0, 0.05) is 10.7 Å². The lowest BCUT2D eigenvalue weighted by Gasteiger charge is -2.17. The van der Waals surface area contributed by atoms with E-state index in [1.807, 2.05) is 13.8 Å². The van der Waals surface area contributed by atoms with Crippen molar-refractivity contribution in [2.45, 2.75) is 33.1 Å². The molecule has 134 valence electrons. The molecule has 0 radical (unpaired) electrons. The maximum Gasteiger partial charge on any atom is 0.416 e. The molecule has 0 saturated heterocycles. The third-order valence-corrected chi connectivity index (χ3v) is 4.15. The molecule has 0 fully saturated rings. The number of amides is 1. The van der Waals surface area contributed by atoms with Crippen LogP contribution in [0.25, 0.3) is 0 Å². The molecular weight excluding hydrogens is 355 g/mol. The number of hydrogen-bond donors (Lipinski definition) is 1. The quantitative estimate of drug-likeness (QED) is 0.783. The lowest BCUT2D eigenvalue weighted by atomic mass is 10.1. The van der Waals surface area contributed by atoms with E-state index in [0.29, 0.717) is 10.8 Å². The number of hydrogen-bond acceptors (Lipinski definition) is 2. The molecule has 0 aliphatic rings. The maximum absolute atomic E-state index is 12.7. The third-order valence-electron chi connectivity index (χ3n) is 3.55. The first-order valence-corrected chi connectivity index (χ1v) is 7.87. The van der Waals surface area contributed by atoms with Gasteiger partial charge in [0.15, 0.2) is 6.10 Å². The van der Waals surface area contributed by atoms with Crippen molar-refractivity contribution in [2.24, 2.45) is 0 Å². The van der Waals surface area contributed by atoms with Crippen LogP contribution in [0.2, 0.25) is 5.02 Å². The van der Waals surface area contributed by atoms with E-state index < -0.39 is 23.8 Å². The number of rotatable bonds is 4. The fourth-order valence-electron chi connectivity index (χ4n) is 2.25.